The van der Waals surface area contributed by atoms with Gasteiger partial charge in [-0.05, 0) is 46.2 Å². The molecule has 3 aliphatic rings. The molecule has 0 bridgehead atoms. The quantitative estimate of drug-likeness (QED) is 0.583. The minimum Gasteiger partial charge on any atom is -0.389 e. The van der Waals surface area contributed by atoms with Crippen molar-refractivity contribution >= 4 is 0 Å². The number of hydrogen-bond acceptors (Lipinski definition) is 6. The van der Waals surface area contributed by atoms with Crippen molar-refractivity contribution in [3.63, 3.8) is 0 Å². The van der Waals surface area contributed by atoms with Gasteiger partial charge in [-0.1, -0.05) is 39.0 Å². The number of β-amino-alcohol motifs (C(OH)–C–C–N with tert-alkyl or cyclic N) is 1. The van der Waals surface area contributed by atoms with Crippen LogP contribution in [-0.2, 0) is 18.9 Å². The summed E-state index contributed by atoms with van der Waals surface area (Å²) in [6.07, 6.45) is 7.72. The van der Waals surface area contributed by atoms with Gasteiger partial charge in [0.15, 0.2) is 12.1 Å². The van der Waals surface area contributed by atoms with E-state index in [2.05, 4.69) is 11.8 Å². The molecule has 0 spiro atoms. The average molecular weight is 386 g/mol. The highest BCUT2D eigenvalue weighted by atomic mass is 16.8. The Morgan fingerprint density at radius 3 is 2.56 bits per heavy atom. The maximum absolute atomic E-state index is 10.9. The molecule has 6 nitrogen and oxygen atoms in total. The number of ether oxygens (including phenoxy) is 4. The Labute approximate surface area is 164 Å². The molecule has 158 valence electrons. The van der Waals surface area contributed by atoms with Gasteiger partial charge in [-0.2, -0.15) is 0 Å². The van der Waals surface area contributed by atoms with Gasteiger partial charge in [-0.3, -0.25) is 0 Å². The number of rotatable bonds is 10. The zero-order valence-electron chi connectivity index (χ0n) is 17.4. The Kier molecular flexibility index (Phi) is 7.94. The number of hydrogen-bond donors (Lipinski definition) is 1. The zero-order chi connectivity index (χ0) is 19.3. The molecular formula is C21H39NO5. The van der Waals surface area contributed by atoms with Crippen LogP contribution in [0.5, 0.6) is 0 Å². The standard InChI is InChI=1S/C21H39NO5/c1-4-5-6-7-11-14-24-18-17(16(23)15-22-12-9-8-10-13-22)25-20-19(18)26-21(2,3)27-20/h16-20,23H,4-15H2,1-3H3/t16-,17-,18+,19-,20-/m1/s1. The lowest BCUT2D eigenvalue weighted by Crippen LogP contribution is -2.48. The van der Waals surface area contributed by atoms with Crippen molar-refractivity contribution in [2.75, 3.05) is 26.2 Å². The van der Waals surface area contributed by atoms with Crippen molar-refractivity contribution in [3.8, 4) is 0 Å². The van der Waals surface area contributed by atoms with E-state index in [1.807, 2.05) is 13.8 Å². The van der Waals surface area contributed by atoms with Crippen LogP contribution in [0.2, 0.25) is 0 Å². The van der Waals surface area contributed by atoms with Gasteiger partial charge >= 0.3 is 0 Å². The molecule has 0 amide bonds. The monoisotopic (exact) mass is 385 g/mol. The third kappa shape index (κ3) is 5.87. The minimum atomic E-state index is -0.666. The van der Waals surface area contributed by atoms with Gasteiger partial charge in [-0.15, -0.1) is 0 Å². The van der Waals surface area contributed by atoms with Crippen LogP contribution in [0, 0.1) is 0 Å². The van der Waals surface area contributed by atoms with Gasteiger partial charge in [0.2, 0.25) is 0 Å². The number of fused-ring (bicyclic) bond motifs is 1. The highest BCUT2D eigenvalue weighted by molar-refractivity contribution is 4.97. The molecule has 3 saturated heterocycles. The van der Waals surface area contributed by atoms with E-state index in [4.69, 9.17) is 18.9 Å². The Hall–Kier alpha value is -0.240. The van der Waals surface area contributed by atoms with E-state index in [0.717, 1.165) is 19.5 Å². The normalized spacial score (nSPS) is 34.7. The lowest BCUT2D eigenvalue weighted by Gasteiger charge is -2.33. The molecule has 3 aliphatic heterocycles. The minimum absolute atomic E-state index is 0.267. The van der Waals surface area contributed by atoms with Gasteiger partial charge in [0.25, 0.3) is 0 Å². The van der Waals surface area contributed by atoms with Crippen molar-refractivity contribution in [3.05, 3.63) is 0 Å². The molecule has 0 unspecified atom stereocenters. The van der Waals surface area contributed by atoms with Crippen LogP contribution in [0.15, 0.2) is 0 Å². The van der Waals surface area contributed by atoms with Crippen molar-refractivity contribution < 1.29 is 24.1 Å². The molecule has 3 heterocycles. The van der Waals surface area contributed by atoms with Crippen molar-refractivity contribution in [1.29, 1.82) is 0 Å². The lowest BCUT2D eigenvalue weighted by atomic mass is 10.0. The molecule has 6 heteroatoms. The molecule has 0 aromatic carbocycles. The fourth-order valence-corrected chi connectivity index (χ4v) is 4.44. The Morgan fingerprint density at radius 1 is 1.07 bits per heavy atom. The highest BCUT2D eigenvalue weighted by Gasteiger charge is 2.57. The molecule has 0 aromatic heterocycles. The number of piperidine rings is 1. The number of nitrogens with zero attached hydrogens (tertiary/aromatic N) is 1. The molecule has 27 heavy (non-hydrogen) atoms. The second-order valence-electron chi connectivity index (χ2n) is 8.75. The second-order valence-corrected chi connectivity index (χ2v) is 8.75. The van der Waals surface area contributed by atoms with Crippen LogP contribution < -0.4 is 0 Å². The van der Waals surface area contributed by atoms with E-state index in [1.54, 1.807) is 0 Å². The van der Waals surface area contributed by atoms with E-state index < -0.39 is 24.3 Å². The van der Waals surface area contributed by atoms with Gasteiger partial charge in [-0.25, -0.2) is 0 Å². The summed E-state index contributed by atoms with van der Waals surface area (Å²) in [7, 11) is 0. The summed E-state index contributed by atoms with van der Waals surface area (Å²) in [6, 6.07) is 0. The van der Waals surface area contributed by atoms with Crippen LogP contribution in [0.3, 0.4) is 0 Å². The first kappa shape index (κ1) is 21.5. The Balaban J connectivity index is 1.54. The maximum atomic E-state index is 10.9. The first-order valence-corrected chi connectivity index (χ1v) is 11.0. The molecular weight excluding hydrogens is 346 g/mol. The van der Waals surface area contributed by atoms with Crippen LogP contribution in [0.1, 0.15) is 72.1 Å². The van der Waals surface area contributed by atoms with Gasteiger partial charge in [0, 0.05) is 13.2 Å². The summed E-state index contributed by atoms with van der Waals surface area (Å²) in [6.45, 7) is 9.44. The van der Waals surface area contributed by atoms with Gasteiger partial charge in [0.05, 0.1) is 6.10 Å². The Morgan fingerprint density at radius 2 is 1.81 bits per heavy atom. The smallest absolute Gasteiger partial charge is 0.190 e. The Bertz CT molecular complexity index is 440. The van der Waals surface area contributed by atoms with Crippen LogP contribution in [0.25, 0.3) is 0 Å². The summed E-state index contributed by atoms with van der Waals surface area (Å²) in [4.78, 5) is 2.33. The van der Waals surface area contributed by atoms with Crippen molar-refractivity contribution in [2.45, 2.75) is 109 Å². The van der Waals surface area contributed by atoms with Gasteiger partial charge < -0.3 is 29.0 Å². The van der Waals surface area contributed by atoms with Crippen molar-refractivity contribution in [2.24, 2.45) is 0 Å². The summed E-state index contributed by atoms with van der Waals surface area (Å²) in [5.74, 6) is -0.666. The summed E-state index contributed by atoms with van der Waals surface area (Å²) in [5, 5.41) is 10.9. The van der Waals surface area contributed by atoms with Crippen LogP contribution >= 0.6 is 0 Å². The third-order valence-electron chi connectivity index (χ3n) is 5.86. The fraction of sp³-hybridized carbons (Fsp3) is 1.00. The largest absolute Gasteiger partial charge is 0.389 e. The summed E-state index contributed by atoms with van der Waals surface area (Å²) < 4.78 is 24.2. The van der Waals surface area contributed by atoms with E-state index in [1.165, 1.54) is 44.9 Å². The van der Waals surface area contributed by atoms with Crippen LogP contribution in [0.4, 0.5) is 0 Å². The molecule has 0 saturated carbocycles. The predicted molar refractivity (Wildman–Crippen MR) is 103 cm³/mol. The number of aliphatic hydroxyl groups excluding tert-OH is 1. The fourth-order valence-electron chi connectivity index (χ4n) is 4.44. The average Bonchev–Trinajstić information content (AvgIpc) is 3.11. The highest BCUT2D eigenvalue weighted by Crippen LogP contribution is 2.39. The number of likely N-dealkylation sites (tertiary alicyclic amines) is 1. The molecule has 0 aliphatic carbocycles. The molecule has 1 N–H and O–H groups in total. The summed E-state index contributed by atoms with van der Waals surface area (Å²) in [5.41, 5.74) is 0. The molecule has 3 fully saturated rings. The first-order valence-electron chi connectivity index (χ1n) is 11.0. The summed E-state index contributed by atoms with van der Waals surface area (Å²) >= 11 is 0. The molecule has 0 radical (unpaired) electrons. The second kappa shape index (κ2) is 9.99. The molecule has 3 rings (SSSR count). The van der Waals surface area contributed by atoms with E-state index in [0.29, 0.717) is 13.2 Å². The topological polar surface area (TPSA) is 60.4 Å². The maximum Gasteiger partial charge on any atom is 0.190 e. The van der Waals surface area contributed by atoms with E-state index >= 15 is 0 Å². The zero-order valence-corrected chi connectivity index (χ0v) is 17.4. The molecule has 5 atom stereocenters. The predicted octanol–water partition coefficient (Wildman–Crippen LogP) is 3.07. The lowest BCUT2D eigenvalue weighted by molar-refractivity contribution is -0.230. The third-order valence-corrected chi connectivity index (χ3v) is 5.86. The van der Waals surface area contributed by atoms with E-state index in [-0.39, 0.29) is 12.2 Å². The molecule has 0 aromatic rings. The SMILES string of the molecule is CCCCCCCO[C@@H]1[C@H]2OC(C)(C)O[C@H]2O[C@@H]1[C@H](O)CN1CCCCC1. The van der Waals surface area contributed by atoms with Crippen LogP contribution in [-0.4, -0.2) is 72.7 Å². The first-order chi connectivity index (χ1) is 13.0. The number of unbranched alkanes of at least 4 members (excludes halogenated alkanes) is 4. The number of aliphatic hydroxyl groups is 1. The van der Waals surface area contributed by atoms with E-state index in [9.17, 15) is 5.11 Å². The van der Waals surface area contributed by atoms with Gasteiger partial charge in [0.1, 0.15) is 18.3 Å². The van der Waals surface area contributed by atoms with Crippen molar-refractivity contribution in [1.82, 2.24) is 4.90 Å².